The van der Waals surface area contributed by atoms with Crippen molar-refractivity contribution in [1.29, 1.82) is 0 Å². The topological polar surface area (TPSA) is 69.4 Å². The molecule has 1 aromatic rings. The van der Waals surface area contributed by atoms with E-state index in [2.05, 4.69) is 0 Å². The molecule has 0 atom stereocenters. The Morgan fingerprint density at radius 3 is 2.71 bits per heavy atom. The third-order valence-corrected chi connectivity index (χ3v) is 3.02. The summed E-state index contributed by atoms with van der Waals surface area (Å²) in [5.74, 6) is -0.677. The Bertz CT molecular complexity index is 471. The Labute approximate surface area is 102 Å². The van der Waals surface area contributed by atoms with Gasteiger partial charge in [0.2, 0.25) is 0 Å². The number of esters is 1. The highest BCUT2D eigenvalue weighted by atomic mass is 35.5. The predicted molar refractivity (Wildman–Crippen MR) is 61.2 cm³/mol. The van der Waals surface area contributed by atoms with Gasteiger partial charge in [-0.25, -0.2) is 4.79 Å². The molecule has 0 N–H and O–H groups in total. The standard InChI is InChI=1S/C11H10ClNO4/c12-9-6-2-5-8(10(9)13(15)16)11(14)17-7-3-1-4-7/h2,5-7H,1,3-4H2. The zero-order valence-corrected chi connectivity index (χ0v) is 9.64. The predicted octanol–water partition coefficient (Wildman–Crippen LogP) is 2.96. The molecule has 1 aliphatic rings. The summed E-state index contributed by atoms with van der Waals surface area (Å²) in [6, 6.07) is 4.22. The van der Waals surface area contributed by atoms with E-state index in [1.54, 1.807) is 0 Å². The van der Waals surface area contributed by atoms with Crippen LogP contribution in [0.1, 0.15) is 29.6 Å². The van der Waals surface area contributed by atoms with E-state index >= 15 is 0 Å². The van der Waals surface area contributed by atoms with E-state index in [4.69, 9.17) is 16.3 Å². The summed E-state index contributed by atoms with van der Waals surface area (Å²) >= 11 is 5.70. The van der Waals surface area contributed by atoms with E-state index in [-0.39, 0.29) is 16.7 Å². The first-order valence-electron chi connectivity index (χ1n) is 5.23. The van der Waals surface area contributed by atoms with Crippen molar-refractivity contribution in [2.45, 2.75) is 25.4 Å². The largest absolute Gasteiger partial charge is 0.459 e. The average molecular weight is 256 g/mol. The van der Waals surface area contributed by atoms with E-state index in [0.717, 1.165) is 19.3 Å². The van der Waals surface area contributed by atoms with E-state index in [1.807, 2.05) is 0 Å². The van der Waals surface area contributed by atoms with E-state index in [1.165, 1.54) is 18.2 Å². The summed E-state index contributed by atoms with van der Waals surface area (Å²) in [6.07, 6.45) is 2.55. The number of hydrogen-bond donors (Lipinski definition) is 0. The Morgan fingerprint density at radius 1 is 1.47 bits per heavy atom. The quantitative estimate of drug-likeness (QED) is 0.473. The molecule has 1 fully saturated rings. The highest BCUT2D eigenvalue weighted by Gasteiger charge is 2.28. The smallest absolute Gasteiger partial charge is 0.345 e. The Morgan fingerprint density at radius 2 is 2.18 bits per heavy atom. The molecule has 17 heavy (non-hydrogen) atoms. The maximum Gasteiger partial charge on any atom is 0.345 e. The van der Waals surface area contributed by atoms with Gasteiger partial charge in [0.1, 0.15) is 16.7 Å². The summed E-state index contributed by atoms with van der Waals surface area (Å²) in [5, 5.41) is 10.8. The zero-order chi connectivity index (χ0) is 12.4. The van der Waals surface area contributed by atoms with Gasteiger partial charge in [0.05, 0.1) is 4.92 Å². The molecule has 1 aliphatic carbocycles. The number of nitro groups is 1. The number of halogens is 1. The van der Waals surface area contributed by atoms with Crippen LogP contribution in [0.3, 0.4) is 0 Å². The Kier molecular flexibility index (Phi) is 3.28. The number of rotatable bonds is 3. The van der Waals surface area contributed by atoms with Crippen LogP contribution in [0.2, 0.25) is 5.02 Å². The van der Waals surface area contributed by atoms with Crippen LogP contribution in [0.4, 0.5) is 5.69 Å². The van der Waals surface area contributed by atoms with Crippen molar-refractivity contribution in [3.05, 3.63) is 38.9 Å². The summed E-state index contributed by atoms with van der Waals surface area (Å²) in [5.41, 5.74) is -0.479. The van der Waals surface area contributed by atoms with Crippen molar-refractivity contribution in [3.8, 4) is 0 Å². The van der Waals surface area contributed by atoms with Gasteiger partial charge in [-0.3, -0.25) is 10.1 Å². The van der Waals surface area contributed by atoms with Gasteiger partial charge in [0.25, 0.3) is 0 Å². The summed E-state index contributed by atoms with van der Waals surface area (Å²) < 4.78 is 5.12. The number of hydrogen-bond acceptors (Lipinski definition) is 4. The normalized spacial score (nSPS) is 15.1. The van der Waals surface area contributed by atoms with Gasteiger partial charge in [-0.2, -0.15) is 0 Å². The van der Waals surface area contributed by atoms with Crippen LogP contribution in [0, 0.1) is 10.1 Å². The molecule has 0 aliphatic heterocycles. The molecule has 0 saturated heterocycles. The van der Waals surface area contributed by atoms with Gasteiger partial charge in [0, 0.05) is 0 Å². The lowest BCUT2D eigenvalue weighted by Gasteiger charge is -2.25. The number of nitro benzene ring substituents is 1. The molecular weight excluding hydrogens is 246 g/mol. The molecule has 2 rings (SSSR count). The number of nitrogens with zero attached hydrogens (tertiary/aromatic N) is 1. The molecule has 1 aromatic carbocycles. The van der Waals surface area contributed by atoms with Crippen LogP contribution >= 0.6 is 11.6 Å². The highest BCUT2D eigenvalue weighted by Crippen LogP contribution is 2.30. The molecule has 0 unspecified atom stereocenters. The van der Waals surface area contributed by atoms with Gasteiger partial charge >= 0.3 is 11.7 Å². The van der Waals surface area contributed by atoms with Crippen LogP contribution in [-0.2, 0) is 4.74 Å². The number of carbonyl (C=O) groups is 1. The molecule has 5 nitrogen and oxygen atoms in total. The second kappa shape index (κ2) is 4.71. The number of para-hydroxylation sites is 1. The summed E-state index contributed by atoms with van der Waals surface area (Å²) in [7, 11) is 0. The lowest BCUT2D eigenvalue weighted by atomic mass is 9.96. The molecular formula is C11H10ClNO4. The van der Waals surface area contributed by atoms with Crippen LogP contribution in [0.15, 0.2) is 18.2 Å². The number of ether oxygens (including phenoxy) is 1. The molecule has 0 bridgehead atoms. The molecule has 0 radical (unpaired) electrons. The molecule has 90 valence electrons. The minimum atomic E-state index is -0.677. The van der Waals surface area contributed by atoms with Gasteiger partial charge in [-0.05, 0) is 31.4 Å². The van der Waals surface area contributed by atoms with Crippen LogP contribution in [0.25, 0.3) is 0 Å². The van der Waals surface area contributed by atoms with E-state index in [9.17, 15) is 14.9 Å². The second-order valence-corrected chi connectivity index (χ2v) is 4.26. The zero-order valence-electron chi connectivity index (χ0n) is 8.89. The van der Waals surface area contributed by atoms with Crippen molar-refractivity contribution in [1.82, 2.24) is 0 Å². The molecule has 6 heteroatoms. The minimum absolute atomic E-state index is 0.0574. The highest BCUT2D eigenvalue weighted by molar-refractivity contribution is 6.33. The van der Waals surface area contributed by atoms with Crippen LogP contribution in [-0.4, -0.2) is 17.0 Å². The maximum atomic E-state index is 11.7. The molecule has 0 amide bonds. The number of benzene rings is 1. The van der Waals surface area contributed by atoms with Gasteiger partial charge in [-0.1, -0.05) is 17.7 Å². The van der Waals surface area contributed by atoms with Crippen LogP contribution in [0.5, 0.6) is 0 Å². The van der Waals surface area contributed by atoms with Crippen molar-refractivity contribution in [3.63, 3.8) is 0 Å². The Hall–Kier alpha value is -1.62. The summed E-state index contributed by atoms with van der Waals surface area (Å²) in [4.78, 5) is 21.9. The molecule has 1 saturated carbocycles. The monoisotopic (exact) mass is 255 g/mol. The fourth-order valence-electron chi connectivity index (χ4n) is 1.57. The fraction of sp³-hybridized carbons (Fsp3) is 0.364. The summed E-state index contributed by atoms with van der Waals surface area (Å²) in [6.45, 7) is 0. The second-order valence-electron chi connectivity index (χ2n) is 3.85. The van der Waals surface area contributed by atoms with E-state index in [0.29, 0.717) is 0 Å². The number of carbonyl (C=O) groups excluding carboxylic acids is 1. The lowest BCUT2D eigenvalue weighted by Crippen LogP contribution is -2.25. The lowest BCUT2D eigenvalue weighted by molar-refractivity contribution is -0.385. The van der Waals surface area contributed by atoms with Crippen molar-refractivity contribution in [2.24, 2.45) is 0 Å². The first-order valence-corrected chi connectivity index (χ1v) is 5.61. The van der Waals surface area contributed by atoms with Crippen LogP contribution < -0.4 is 0 Å². The third kappa shape index (κ3) is 2.39. The van der Waals surface area contributed by atoms with Gasteiger partial charge < -0.3 is 4.74 Å². The van der Waals surface area contributed by atoms with Crippen molar-refractivity contribution < 1.29 is 14.5 Å². The first-order chi connectivity index (χ1) is 8.09. The van der Waals surface area contributed by atoms with Crippen molar-refractivity contribution in [2.75, 3.05) is 0 Å². The third-order valence-electron chi connectivity index (χ3n) is 2.72. The van der Waals surface area contributed by atoms with Crippen molar-refractivity contribution >= 4 is 23.3 Å². The molecule has 0 heterocycles. The SMILES string of the molecule is O=C(OC1CCC1)c1cccc(Cl)c1[N+](=O)[O-]. The average Bonchev–Trinajstić information content (AvgIpc) is 2.22. The minimum Gasteiger partial charge on any atom is -0.459 e. The first kappa shape index (κ1) is 11.9. The maximum absolute atomic E-state index is 11.7. The van der Waals surface area contributed by atoms with Gasteiger partial charge in [0.15, 0.2) is 0 Å². The molecule has 0 spiro atoms. The molecule has 0 aromatic heterocycles. The van der Waals surface area contributed by atoms with E-state index < -0.39 is 16.6 Å². The Balaban J connectivity index is 2.27. The fourth-order valence-corrected chi connectivity index (χ4v) is 1.81. The van der Waals surface area contributed by atoms with Gasteiger partial charge in [-0.15, -0.1) is 0 Å².